The molecule has 1 N–H and O–H groups in total. The first-order chi connectivity index (χ1) is 12.8. The fraction of sp³-hybridized carbons (Fsp3) is 0.182. The second-order valence-electron chi connectivity index (χ2n) is 7.39. The van der Waals surface area contributed by atoms with Crippen LogP contribution >= 0.6 is 15.9 Å². The van der Waals surface area contributed by atoms with E-state index in [1.54, 1.807) is 18.2 Å². The minimum atomic E-state index is -0.377. The van der Waals surface area contributed by atoms with Crippen LogP contribution in [0.2, 0.25) is 0 Å². The zero-order chi connectivity index (χ0) is 19.6. The average Bonchev–Trinajstić information content (AvgIpc) is 2.61. The van der Waals surface area contributed by atoms with Gasteiger partial charge < -0.3 is 5.32 Å². The number of nitrogens with one attached hydrogen (secondary N) is 1. The molecule has 0 unspecified atom stereocenters. The lowest BCUT2D eigenvalue weighted by atomic mass is 9.85. The molecule has 3 aromatic rings. The van der Waals surface area contributed by atoms with Crippen LogP contribution in [0.4, 0.5) is 17.1 Å². The maximum atomic E-state index is 11.5. The van der Waals surface area contributed by atoms with E-state index < -0.39 is 0 Å². The van der Waals surface area contributed by atoms with Gasteiger partial charge in [0.05, 0.1) is 9.40 Å². The summed E-state index contributed by atoms with van der Waals surface area (Å²) < 4.78 is 0.449. The van der Waals surface area contributed by atoms with Gasteiger partial charge in [0.15, 0.2) is 0 Å². The molecule has 4 nitrogen and oxygen atoms in total. The third-order valence-corrected chi connectivity index (χ3v) is 5.05. The largest absolute Gasteiger partial charge is 0.349 e. The Labute approximate surface area is 167 Å². The highest BCUT2D eigenvalue weighted by Crippen LogP contribution is 2.39. The SMILES string of the molecule is CC(C)(C)c1ccc(Nc2cccc(Br)c2[N+](=O)[O-])c(-c2ccccc2)c1. The number of hydrogen-bond donors (Lipinski definition) is 1. The second-order valence-corrected chi connectivity index (χ2v) is 8.25. The van der Waals surface area contributed by atoms with Gasteiger partial charge in [-0.15, -0.1) is 0 Å². The molecule has 138 valence electrons. The predicted molar refractivity (Wildman–Crippen MR) is 115 cm³/mol. The Kier molecular flexibility index (Phi) is 5.33. The van der Waals surface area contributed by atoms with Crippen molar-refractivity contribution in [3.05, 3.63) is 86.9 Å². The van der Waals surface area contributed by atoms with E-state index in [4.69, 9.17) is 0 Å². The zero-order valence-electron chi connectivity index (χ0n) is 15.5. The molecule has 0 aliphatic rings. The Bertz CT molecular complexity index is 979. The summed E-state index contributed by atoms with van der Waals surface area (Å²) in [7, 11) is 0. The normalized spacial score (nSPS) is 11.3. The first-order valence-electron chi connectivity index (χ1n) is 8.67. The molecule has 0 spiro atoms. The molecular formula is C22H21BrN2O2. The Morgan fingerprint density at radius 2 is 1.63 bits per heavy atom. The molecule has 0 amide bonds. The molecule has 0 aromatic heterocycles. The number of nitro benzene ring substituents is 1. The molecule has 27 heavy (non-hydrogen) atoms. The van der Waals surface area contributed by atoms with Gasteiger partial charge in [-0.05, 0) is 56.7 Å². The van der Waals surface area contributed by atoms with Crippen molar-refractivity contribution < 1.29 is 4.92 Å². The average molecular weight is 425 g/mol. The van der Waals surface area contributed by atoms with Crippen LogP contribution in [0.5, 0.6) is 0 Å². The number of hydrogen-bond acceptors (Lipinski definition) is 3. The van der Waals surface area contributed by atoms with E-state index in [0.717, 1.165) is 16.8 Å². The monoisotopic (exact) mass is 424 g/mol. The van der Waals surface area contributed by atoms with Crippen LogP contribution in [0.15, 0.2) is 71.2 Å². The lowest BCUT2D eigenvalue weighted by Gasteiger charge is -2.22. The van der Waals surface area contributed by atoms with Crippen LogP contribution in [0.25, 0.3) is 11.1 Å². The van der Waals surface area contributed by atoms with Crippen molar-refractivity contribution in [2.75, 3.05) is 5.32 Å². The third-order valence-electron chi connectivity index (χ3n) is 4.41. The van der Waals surface area contributed by atoms with Gasteiger partial charge in [0, 0.05) is 11.3 Å². The van der Waals surface area contributed by atoms with Crippen LogP contribution in [0.1, 0.15) is 26.3 Å². The van der Waals surface area contributed by atoms with E-state index in [2.05, 4.69) is 54.2 Å². The molecule has 0 aliphatic carbocycles. The molecule has 0 atom stereocenters. The molecule has 0 heterocycles. The molecule has 3 rings (SSSR count). The third kappa shape index (κ3) is 4.19. The van der Waals surface area contributed by atoms with Gasteiger partial charge in [-0.2, -0.15) is 0 Å². The molecule has 0 saturated heterocycles. The Balaban J connectivity index is 2.14. The summed E-state index contributed by atoms with van der Waals surface area (Å²) in [5, 5.41) is 14.8. The molecule has 5 heteroatoms. The van der Waals surface area contributed by atoms with Gasteiger partial charge in [-0.1, -0.05) is 63.2 Å². The van der Waals surface area contributed by atoms with E-state index in [1.807, 2.05) is 36.4 Å². The van der Waals surface area contributed by atoms with Gasteiger partial charge in [0.2, 0.25) is 0 Å². The topological polar surface area (TPSA) is 55.2 Å². The summed E-state index contributed by atoms with van der Waals surface area (Å²) in [6.07, 6.45) is 0. The maximum Gasteiger partial charge on any atom is 0.306 e. The summed E-state index contributed by atoms with van der Waals surface area (Å²) in [5.41, 5.74) is 4.59. The predicted octanol–water partition coefficient (Wildman–Crippen LogP) is 7.07. The van der Waals surface area contributed by atoms with Crippen molar-refractivity contribution in [1.29, 1.82) is 0 Å². The van der Waals surface area contributed by atoms with Crippen molar-refractivity contribution in [2.45, 2.75) is 26.2 Å². The van der Waals surface area contributed by atoms with E-state index in [9.17, 15) is 10.1 Å². The molecule has 0 radical (unpaired) electrons. The summed E-state index contributed by atoms with van der Waals surface area (Å²) in [6, 6.07) is 21.4. The van der Waals surface area contributed by atoms with Crippen LogP contribution in [-0.4, -0.2) is 4.92 Å². The summed E-state index contributed by atoms with van der Waals surface area (Å²) >= 11 is 3.28. The minimum Gasteiger partial charge on any atom is -0.349 e. The fourth-order valence-electron chi connectivity index (χ4n) is 2.92. The number of para-hydroxylation sites is 1. The summed E-state index contributed by atoms with van der Waals surface area (Å²) in [6.45, 7) is 6.51. The molecule has 0 saturated carbocycles. The van der Waals surface area contributed by atoms with Gasteiger partial charge in [0.1, 0.15) is 5.69 Å². The van der Waals surface area contributed by atoms with E-state index in [1.165, 1.54) is 5.56 Å². The van der Waals surface area contributed by atoms with Crippen LogP contribution in [0, 0.1) is 10.1 Å². The molecule has 0 bridgehead atoms. The lowest BCUT2D eigenvalue weighted by Crippen LogP contribution is -2.11. The number of benzene rings is 3. The number of anilines is 2. The van der Waals surface area contributed by atoms with Crippen LogP contribution in [-0.2, 0) is 5.41 Å². The Hall–Kier alpha value is -2.66. The van der Waals surface area contributed by atoms with E-state index in [0.29, 0.717) is 10.2 Å². The Morgan fingerprint density at radius 1 is 0.926 bits per heavy atom. The Morgan fingerprint density at radius 3 is 2.26 bits per heavy atom. The number of nitrogens with zero attached hydrogens (tertiary/aromatic N) is 1. The number of rotatable bonds is 4. The summed E-state index contributed by atoms with van der Waals surface area (Å²) in [5.74, 6) is 0. The molecule has 0 fully saturated rings. The summed E-state index contributed by atoms with van der Waals surface area (Å²) in [4.78, 5) is 11.1. The van der Waals surface area contributed by atoms with Gasteiger partial charge in [-0.25, -0.2) is 0 Å². The van der Waals surface area contributed by atoms with E-state index in [-0.39, 0.29) is 16.0 Å². The zero-order valence-corrected chi connectivity index (χ0v) is 17.1. The highest BCUT2D eigenvalue weighted by Gasteiger charge is 2.20. The second kappa shape index (κ2) is 7.53. The van der Waals surface area contributed by atoms with Crippen molar-refractivity contribution in [2.24, 2.45) is 0 Å². The van der Waals surface area contributed by atoms with Crippen molar-refractivity contribution in [1.82, 2.24) is 0 Å². The molecule has 3 aromatic carbocycles. The van der Waals surface area contributed by atoms with Crippen molar-refractivity contribution in [3.63, 3.8) is 0 Å². The quantitative estimate of drug-likeness (QED) is 0.359. The van der Waals surface area contributed by atoms with Crippen molar-refractivity contribution in [3.8, 4) is 11.1 Å². The first kappa shape index (κ1) is 19.1. The maximum absolute atomic E-state index is 11.5. The highest BCUT2D eigenvalue weighted by molar-refractivity contribution is 9.10. The number of halogens is 1. The molecule has 0 aliphatic heterocycles. The van der Waals surface area contributed by atoms with Gasteiger partial charge in [-0.3, -0.25) is 10.1 Å². The molecular weight excluding hydrogens is 404 g/mol. The highest BCUT2D eigenvalue weighted by atomic mass is 79.9. The van der Waals surface area contributed by atoms with Gasteiger partial charge in [0.25, 0.3) is 0 Å². The van der Waals surface area contributed by atoms with Crippen molar-refractivity contribution >= 4 is 33.0 Å². The van der Waals surface area contributed by atoms with Gasteiger partial charge >= 0.3 is 5.69 Å². The smallest absolute Gasteiger partial charge is 0.306 e. The fourth-order valence-corrected chi connectivity index (χ4v) is 3.43. The van der Waals surface area contributed by atoms with Crippen LogP contribution in [0.3, 0.4) is 0 Å². The number of nitro groups is 1. The van der Waals surface area contributed by atoms with Crippen LogP contribution < -0.4 is 5.32 Å². The van der Waals surface area contributed by atoms with E-state index >= 15 is 0 Å². The first-order valence-corrected chi connectivity index (χ1v) is 9.46. The lowest BCUT2D eigenvalue weighted by molar-refractivity contribution is -0.384. The standard InChI is InChI=1S/C22H21BrN2O2/c1-22(2,3)16-12-13-19(17(14-16)15-8-5-4-6-9-15)24-20-11-7-10-18(23)21(20)25(26)27/h4-14,24H,1-3H3. The minimum absolute atomic E-state index is 0.00380.